The fraction of sp³-hybridized carbons (Fsp3) is 0.750. The summed E-state index contributed by atoms with van der Waals surface area (Å²) >= 11 is 0. The highest BCUT2D eigenvalue weighted by Gasteiger charge is 2.23. The van der Waals surface area contributed by atoms with E-state index in [9.17, 15) is 4.79 Å². The first-order valence-corrected chi connectivity index (χ1v) is 5.43. The molecule has 0 aromatic heterocycles. The van der Waals surface area contributed by atoms with Crippen molar-refractivity contribution in [3.05, 3.63) is 11.6 Å². The molecule has 0 aromatic rings. The molecule has 0 radical (unpaired) electrons. The van der Waals surface area contributed by atoms with Gasteiger partial charge in [-0.2, -0.15) is 0 Å². The minimum absolute atomic E-state index is 0.128. The van der Waals surface area contributed by atoms with Gasteiger partial charge in [0.15, 0.2) is 0 Å². The Morgan fingerprint density at radius 1 is 1.53 bits per heavy atom. The molecule has 3 heteroatoms. The lowest BCUT2D eigenvalue weighted by molar-refractivity contribution is -0.151. The van der Waals surface area contributed by atoms with Crippen LogP contribution in [0.4, 0.5) is 0 Å². The van der Waals surface area contributed by atoms with Crippen LogP contribution in [-0.4, -0.2) is 37.6 Å². The van der Waals surface area contributed by atoms with E-state index >= 15 is 0 Å². The lowest BCUT2D eigenvalue weighted by Crippen LogP contribution is -2.29. The predicted octanol–water partition coefficient (Wildman–Crippen LogP) is 1.84. The van der Waals surface area contributed by atoms with Gasteiger partial charge in [-0.05, 0) is 39.8 Å². The molecule has 3 nitrogen and oxygen atoms in total. The van der Waals surface area contributed by atoms with E-state index in [-0.39, 0.29) is 5.97 Å². The molecule has 0 aromatic carbocycles. The molecule has 86 valence electrons. The van der Waals surface area contributed by atoms with Gasteiger partial charge in [-0.25, -0.2) is 0 Å². The van der Waals surface area contributed by atoms with Gasteiger partial charge in [-0.3, -0.25) is 4.79 Å². The smallest absolute Gasteiger partial charge is 0.311 e. The van der Waals surface area contributed by atoms with Gasteiger partial charge >= 0.3 is 5.97 Å². The van der Waals surface area contributed by atoms with E-state index in [2.05, 4.69) is 18.0 Å². The highest BCUT2D eigenvalue weighted by atomic mass is 16.5. The number of hydrogen-bond acceptors (Lipinski definition) is 3. The molecule has 0 aliphatic carbocycles. The molecule has 0 atom stereocenters. The summed E-state index contributed by atoms with van der Waals surface area (Å²) in [5, 5.41) is 0. The zero-order chi connectivity index (χ0) is 11.5. The van der Waals surface area contributed by atoms with Crippen molar-refractivity contribution in [1.29, 1.82) is 0 Å². The van der Waals surface area contributed by atoms with Crippen LogP contribution < -0.4 is 0 Å². The number of rotatable bonds is 2. The Balaban J connectivity index is 2.37. The van der Waals surface area contributed by atoms with Crippen LogP contribution >= 0.6 is 0 Å². The Morgan fingerprint density at radius 2 is 2.20 bits per heavy atom. The molecule has 1 rings (SSSR count). The van der Waals surface area contributed by atoms with Crippen LogP contribution in [0.25, 0.3) is 0 Å². The molecular formula is C12H21NO2. The average Bonchev–Trinajstić information content (AvgIpc) is 2.12. The van der Waals surface area contributed by atoms with Gasteiger partial charge in [0.25, 0.3) is 0 Å². The lowest BCUT2D eigenvalue weighted by atomic mass is 9.97. The van der Waals surface area contributed by atoms with Gasteiger partial charge in [-0.15, -0.1) is 0 Å². The van der Waals surface area contributed by atoms with Crippen LogP contribution in [0.3, 0.4) is 0 Å². The molecule has 0 saturated carbocycles. The van der Waals surface area contributed by atoms with Crippen molar-refractivity contribution in [3.63, 3.8) is 0 Å². The van der Waals surface area contributed by atoms with E-state index in [1.807, 2.05) is 20.8 Å². The van der Waals surface area contributed by atoms with Crippen molar-refractivity contribution >= 4 is 5.97 Å². The first-order valence-electron chi connectivity index (χ1n) is 5.43. The van der Waals surface area contributed by atoms with Crippen LogP contribution in [0.2, 0.25) is 0 Å². The Morgan fingerprint density at radius 3 is 2.73 bits per heavy atom. The van der Waals surface area contributed by atoms with Gasteiger partial charge < -0.3 is 9.64 Å². The molecule has 0 saturated heterocycles. The van der Waals surface area contributed by atoms with Gasteiger partial charge in [0.1, 0.15) is 6.61 Å². The van der Waals surface area contributed by atoms with E-state index < -0.39 is 5.41 Å². The van der Waals surface area contributed by atoms with Gasteiger partial charge in [0.05, 0.1) is 5.41 Å². The topological polar surface area (TPSA) is 29.5 Å². The number of carbonyl (C=O) groups is 1. The van der Waals surface area contributed by atoms with Crippen LogP contribution in [0, 0.1) is 5.41 Å². The standard InChI is InChI=1S/C12H21NO2/c1-12(2,3)11(14)15-9-10-6-5-7-13(4)8-10/h6H,5,7-9H2,1-4H3. The molecule has 0 amide bonds. The second kappa shape index (κ2) is 4.79. The first kappa shape index (κ1) is 12.2. The Hall–Kier alpha value is -0.830. The largest absolute Gasteiger partial charge is 0.461 e. The van der Waals surface area contributed by atoms with Crippen molar-refractivity contribution in [2.24, 2.45) is 5.41 Å². The fourth-order valence-corrected chi connectivity index (χ4v) is 1.46. The number of likely N-dealkylation sites (N-methyl/N-ethyl adjacent to an activating group) is 1. The molecule has 0 N–H and O–H groups in total. The Bertz CT molecular complexity index is 263. The lowest BCUT2D eigenvalue weighted by Gasteiger charge is -2.24. The third-order valence-electron chi connectivity index (χ3n) is 2.42. The predicted molar refractivity (Wildman–Crippen MR) is 60.6 cm³/mol. The summed E-state index contributed by atoms with van der Waals surface area (Å²) < 4.78 is 5.26. The SMILES string of the molecule is CN1CCC=C(COC(=O)C(C)(C)C)C1. The summed E-state index contributed by atoms with van der Waals surface area (Å²) in [7, 11) is 2.08. The number of carbonyl (C=O) groups excluding carboxylic acids is 1. The van der Waals surface area contributed by atoms with Crippen LogP contribution in [0.15, 0.2) is 11.6 Å². The van der Waals surface area contributed by atoms with Crippen molar-refractivity contribution < 1.29 is 9.53 Å². The summed E-state index contributed by atoms with van der Waals surface area (Å²) in [6.07, 6.45) is 3.23. The molecule has 1 aliphatic heterocycles. The zero-order valence-electron chi connectivity index (χ0n) is 10.2. The quantitative estimate of drug-likeness (QED) is 0.515. The number of hydrogen-bond donors (Lipinski definition) is 0. The van der Waals surface area contributed by atoms with Crippen LogP contribution in [0.5, 0.6) is 0 Å². The van der Waals surface area contributed by atoms with E-state index in [1.165, 1.54) is 5.57 Å². The average molecular weight is 211 g/mol. The molecule has 1 heterocycles. The molecular weight excluding hydrogens is 190 g/mol. The van der Waals surface area contributed by atoms with Crippen LogP contribution in [0.1, 0.15) is 27.2 Å². The normalized spacial score (nSPS) is 18.5. The molecule has 1 aliphatic rings. The zero-order valence-corrected chi connectivity index (χ0v) is 10.2. The van der Waals surface area contributed by atoms with Crippen molar-refractivity contribution in [2.75, 3.05) is 26.7 Å². The molecule has 15 heavy (non-hydrogen) atoms. The third-order valence-corrected chi connectivity index (χ3v) is 2.42. The fourth-order valence-electron chi connectivity index (χ4n) is 1.46. The summed E-state index contributed by atoms with van der Waals surface area (Å²) in [4.78, 5) is 13.8. The van der Waals surface area contributed by atoms with Crippen LogP contribution in [-0.2, 0) is 9.53 Å². The van der Waals surface area contributed by atoms with Gasteiger partial charge in [0.2, 0.25) is 0 Å². The highest BCUT2D eigenvalue weighted by Crippen LogP contribution is 2.16. The summed E-state index contributed by atoms with van der Waals surface area (Å²) in [6, 6.07) is 0. The minimum Gasteiger partial charge on any atom is -0.461 e. The molecule has 0 unspecified atom stereocenters. The van der Waals surface area contributed by atoms with Crippen molar-refractivity contribution in [3.8, 4) is 0 Å². The molecule has 0 spiro atoms. The number of ether oxygens (including phenoxy) is 1. The van der Waals surface area contributed by atoms with E-state index in [0.717, 1.165) is 19.5 Å². The summed E-state index contributed by atoms with van der Waals surface area (Å²) in [5.74, 6) is -0.128. The summed E-state index contributed by atoms with van der Waals surface area (Å²) in [5.41, 5.74) is 0.808. The highest BCUT2D eigenvalue weighted by molar-refractivity contribution is 5.75. The second-order valence-electron chi connectivity index (χ2n) is 5.21. The maximum absolute atomic E-state index is 11.5. The monoisotopic (exact) mass is 211 g/mol. The summed E-state index contributed by atoms with van der Waals surface area (Å²) in [6.45, 7) is 8.07. The van der Waals surface area contributed by atoms with Crippen molar-refractivity contribution in [2.45, 2.75) is 27.2 Å². The third kappa shape index (κ3) is 4.04. The maximum Gasteiger partial charge on any atom is 0.311 e. The Kier molecular flexibility index (Phi) is 3.91. The van der Waals surface area contributed by atoms with E-state index in [4.69, 9.17) is 4.74 Å². The van der Waals surface area contributed by atoms with Gasteiger partial charge in [0, 0.05) is 13.1 Å². The molecule has 0 bridgehead atoms. The van der Waals surface area contributed by atoms with E-state index in [1.54, 1.807) is 0 Å². The first-order chi connectivity index (χ1) is 6.89. The van der Waals surface area contributed by atoms with Gasteiger partial charge in [-0.1, -0.05) is 6.08 Å². The number of nitrogens with zero attached hydrogens (tertiary/aromatic N) is 1. The number of esters is 1. The van der Waals surface area contributed by atoms with Crippen molar-refractivity contribution in [1.82, 2.24) is 4.90 Å². The minimum atomic E-state index is -0.402. The Labute approximate surface area is 92.1 Å². The maximum atomic E-state index is 11.5. The molecule has 0 fully saturated rings. The second-order valence-corrected chi connectivity index (χ2v) is 5.21. The van der Waals surface area contributed by atoms with E-state index in [0.29, 0.717) is 6.61 Å².